The van der Waals surface area contributed by atoms with Gasteiger partial charge in [-0.2, -0.15) is 0 Å². The Hall–Kier alpha value is -2.95. The molecular formula is C20H16N2O3. The smallest absolute Gasteiger partial charge is 0.306 e. The third-order valence-corrected chi connectivity index (χ3v) is 5.11. The number of ether oxygens (including phenoxy) is 1. The van der Waals surface area contributed by atoms with Gasteiger partial charge in [0, 0.05) is 17.4 Å². The maximum Gasteiger partial charge on any atom is 0.306 e. The summed E-state index contributed by atoms with van der Waals surface area (Å²) in [6.07, 6.45) is 0.328. The second kappa shape index (κ2) is 5.02. The number of cyclic esters (lactones) is 1. The van der Waals surface area contributed by atoms with E-state index in [9.17, 15) is 9.59 Å². The van der Waals surface area contributed by atoms with Crippen molar-refractivity contribution in [2.45, 2.75) is 32.4 Å². The van der Waals surface area contributed by atoms with Crippen molar-refractivity contribution in [3.8, 4) is 11.4 Å². The maximum atomic E-state index is 13.1. The number of hydrogen-bond acceptors (Lipinski definition) is 4. The van der Waals surface area contributed by atoms with E-state index in [-0.39, 0.29) is 11.5 Å². The van der Waals surface area contributed by atoms with E-state index in [0.29, 0.717) is 24.9 Å². The minimum absolute atomic E-state index is 0.0724. The fourth-order valence-corrected chi connectivity index (χ4v) is 3.93. The summed E-state index contributed by atoms with van der Waals surface area (Å²) < 4.78 is 7.11. The van der Waals surface area contributed by atoms with Crippen molar-refractivity contribution in [2.75, 3.05) is 0 Å². The Bertz CT molecular complexity index is 1110. The van der Waals surface area contributed by atoms with Gasteiger partial charge in [-0.15, -0.1) is 0 Å². The zero-order chi connectivity index (χ0) is 17.1. The van der Waals surface area contributed by atoms with E-state index in [4.69, 9.17) is 9.72 Å². The van der Waals surface area contributed by atoms with Crippen LogP contribution < -0.4 is 5.56 Å². The van der Waals surface area contributed by atoms with Crippen molar-refractivity contribution in [1.29, 1.82) is 0 Å². The van der Waals surface area contributed by atoms with E-state index in [1.165, 1.54) is 0 Å². The second-order valence-electron chi connectivity index (χ2n) is 6.68. The molecule has 2 aliphatic heterocycles. The molecule has 0 aliphatic carbocycles. The van der Waals surface area contributed by atoms with Crippen LogP contribution >= 0.6 is 0 Å². The molecule has 0 N–H and O–H groups in total. The zero-order valence-electron chi connectivity index (χ0n) is 13.8. The van der Waals surface area contributed by atoms with Gasteiger partial charge in [-0.1, -0.05) is 18.2 Å². The zero-order valence-corrected chi connectivity index (χ0v) is 13.8. The van der Waals surface area contributed by atoms with Crippen LogP contribution in [-0.2, 0) is 22.5 Å². The van der Waals surface area contributed by atoms with Crippen LogP contribution in [0.2, 0.25) is 0 Å². The van der Waals surface area contributed by atoms with Gasteiger partial charge in [0.15, 0.2) is 0 Å². The standard InChI is InChI=1S/C20H16N2O3/c1-11-18-13(6-7-17(23)25-11)9-16-19-14(10-22(16)20(18)24)8-12-4-2-3-5-15(12)21-19/h2-5,8-9,11H,6-7,10H2,1H3. The molecule has 4 heterocycles. The van der Waals surface area contributed by atoms with Gasteiger partial charge in [-0.25, -0.2) is 4.98 Å². The maximum absolute atomic E-state index is 13.1. The van der Waals surface area contributed by atoms with Crippen LogP contribution in [0.5, 0.6) is 0 Å². The van der Waals surface area contributed by atoms with Crippen LogP contribution in [0, 0.1) is 0 Å². The highest BCUT2D eigenvalue weighted by Gasteiger charge is 2.29. The highest BCUT2D eigenvalue weighted by atomic mass is 16.5. The van der Waals surface area contributed by atoms with E-state index in [2.05, 4.69) is 6.07 Å². The molecule has 0 fully saturated rings. The summed E-state index contributed by atoms with van der Waals surface area (Å²) in [5, 5.41) is 1.07. The molecule has 5 nitrogen and oxygen atoms in total. The summed E-state index contributed by atoms with van der Waals surface area (Å²) >= 11 is 0. The molecule has 0 saturated heterocycles. The van der Waals surface area contributed by atoms with E-state index >= 15 is 0 Å². The monoisotopic (exact) mass is 332 g/mol. The first-order chi connectivity index (χ1) is 12.1. The van der Waals surface area contributed by atoms with Crippen LogP contribution in [0.3, 0.4) is 0 Å². The number of pyridine rings is 2. The molecule has 2 aliphatic rings. The van der Waals surface area contributed by atoms with Crippen LogP contribution in [-0.4, -0.2) is 15.5 Å². The number of carbonyl (C=O) groups excluding carboxylic acids is 1. The Balaban J connectivity index is 1.76. The summed E-state index contributed by atoms with van der Waals surface area (Å²) in [7, 11) is 0. The normalized spacial score (nSPS) is 18.3. The van der Waals surface area contributed by atoms with E-state index < -0.39 is 6.10 Å². The average molecular weight is 332 g/mol. The highest BCUT2D eigenvalue weighted by Crippen LogP contribution is 2.34. The van der Waals surface area contributed by atoms with Gasteiger partial charge in [0.25, 0.3) is 5.56 Å². The third kappa shape index (κ3) is 2.05. The lowest BCUT2D eigenvalue weighted by Crippen LogP contribution is -2.26. The Morgan fingerprint density at radius 1 is 1.12 bits per heavy atom. The third-order valence-electron chi connectivity index (χ3n) is 5.11. The second-order valence-corrected chi connectivity index (χ2v) is 6.68. The largest absolute Gasteiger partial charge is 0.458 e. The quantitative estimate of drug-likeness (QED) is 0.465. The van der Waals surface area contributed by atoms with Crippen LogP contribution in [0.4, 0.5) is 0 Å². The number of benzene rings is 1. The molecule has 1 unspecified atom stereocenters. The molecule has 1 aromatic carbocycles. The van der Waals surface area contributed by atoms with Gasteiger partial charge < -0.3 is 9.30 Å². The number of hydrogen-bond donors (Lipinski definition) is 0. The summed E-state index contributed by atoms with van der Waals surface area (Å²) in [5.74, 6) is -0.252. The molecular weight excluding hydrogens is 316 g/mol. The number of aromatic nitrogens is 2. The van der Waals surface area contributed by atoms with Gasteiger partial charge >= 0.3 is 5.97 Å². The first-order valence-corrected chi connectivity index (χ1v) is 8.47. The van der Waals surface area contributed by atoms with Crippen molar-refractivity contribution in [1.82, 2.24) is 9.55 Å². The predicted molar refractivity (Wildman–Crippen MR) is 93.4 cm³/mol. The molecule has 0 amide bonds. The van der Waals surface area contributed by atoms with Crippen LogP contribution in [0.25, 0.3) is 22.3 Å². The Kier molecular flexibility index (Phi) is 2.89. The number of fused-ring (bicyclic) bond motifs is 5. The van der Waals surface area contributed by atoms with Gasteiger partial charge in [-0.3, -0.25) is 9.59 Å². The molecule has 3 aromatic rings. The van der Waals surface area contributed by atoms with Gasteiger partial charge in [0.05, 0.1) is 29.0 Å². The molecule has 25 heavy (non-hydrogen) atoms. The molecule has 1 atom stereocenters. The van der Waals surface area contributed by atoms with Gasteiger partial charge in [-0.05, 0) is 37.1 Å². The van der Waals surface area contributed by atoms with E-state index in [1.807, 2.05) is 30.3 Å². The molecule has 0 bridgehead atoms. The summed E-state index contributed by atoms with van der Waals surface area (Å²) in [4.78, 5) is 29.6. The van der Waals surface area contributed by atoms with Gasteiger partial charge in [0.2, 0.25) is 0 Å². The summed E-state index contributed by atoms with van der Waals surface area (Å²) in [6, 6.07) is 12.1. The molecule has 0 radical (unpaired) electrons. The topological polar surface area (TPSA) is 61.2 Å². The van der Waals surface area contributed by atoms with Crippen molar-refractivity contribution < 1.29 is 9.53 Å². The lowest BCUT2D eigenvalue weighted by atomic mass is 10.0. The Morgan fingerprint density at radius 3 is 2.84 bits per heavy atom. The minimum atomic E-state index is -0.508. The lowest BCUT2D eigenvalue weighted by molar-refractivity contribution is -0.147. The first-order valence-electron chi connectivity index (χ1n) is 8.47. The van der Waals surface area contributed by atoms with Crippen molar-refractivity contribution in [2.24, 2.45) is 0 Å². The number of rotatable bonds is 0. The van der Waals surface area contributed by atoms with E-state index in [0.717, 1.165) is 33.4 Å². The molecule has 0 saturated carbocycles. The fourth-order valence-electron chi connectivity index (χ4n) is 3.93. The molecule has 0 spiro atoms. The summed E-state index contributed by atoms with van der Waals surface area (Å²) in [6.45, 7) is 2.28. The minimum Gasteiger partial charge on any atom is -0.458 e. The van der Waals surface area contributed by atoms with Crippen LogP contribution in [0.15, 0.2) is 41.2 Å². The number of carbonyl (C=O) groups is 1. The Labute approximate surface area is 143 Å². The highest BCUT2D eigenvalue weighted by molar-refractivity contribution is 5.84. The summed E-state index contributed by atoms with van der Waals surface area (Å²) in [5.41, 5.74) is 5.11. The lowest BCUT2D eigenvalue weighted by Gasteiger charge is -2.14. The number of aryl methyl sites for hydroxylation is 1. The van der Waals surface area contributed by atoms with E-state index in [1.54, 1.807) is 11.5 Å². The fraction of sp³-hybridized carbons (Fsp3) is 0.250. The van der Waals surface area contributed by atoms with Crippen molar-refractivity contribution in [3.63, 3.8) is 0 Å². The van der Waals surface area contributed by atoms with Crippen molar-refractivity contribution >= 4 is 16.9 Å². The molecule has 5 rings (SSSR count). The SMILES string of the molecule is CC1OC(=O)CCc2cc3n(c(=O)c21)Cc1cc2ccccc2nc1-3. The molecule has 2 aromatic heterocycles. The number of para-hydroxylation sites is 1. The molecule has 5 heteroatoms. The molecule has 124 valence electrons. The van der Waals surface area contributed by atoms with Gasteiger partial charge in [0.1, 0.15) is 6.10 Å². The predicted octanol–water partition coefficient (Wildman–Crippen LogP) is 2.98. The average Bonchev–Trinajstić information content (AvgIpc) is 2.88. The van der Waals surface area contributed by atoms with Crippen molar-refractivity contribution in [3.05, 3.63) is 63.4 Å². The number of esters is 1. The number of nitrogens with zero attached hydrogens (tertiary/aromatic N) is 2. The first kappa shape index (κ1) is 14.4. The Morgan fingerprint density at radius 2 is 1.96 bits per heavy atom. The van der Waals surface area contributed by atoms with Crippen LogP contribution in [0.1, 0.15) is 36.1 Å².